The van der Waals surface area contributed by atoms with Crippen molar-refractivity contribution in [3.05, 3.63) is 15.9 Å². The van der Waals surface area contributed by atoms with Gasteiger partial charge in [0.1, 0.15) is 0 Å². The first-order chi connectivity index (χ1) is 12.9. The van der Waals surface area contributed by atoms with Crippen molar-refractivity contribution < 1.29 is 14.3 Å². The average molecular weight is 443 g/mol. The number of ether oxygens (including phenoxy) is 1. The van der Waals surface area contributed by atoms with Gasteiger partial charge in [0.2, 0.25) is 0 Å². The second kappa shape index (κ2) is 10.2. The number of hydrogen-bond acceptors (Lipinski definition) is 5. The normalized spacial score (nSPS) is 17.5. The lowest BCUT2D eigenvalue weighted by Gasteiger charge is -2.30. The third-order valence-corrected chi connectivity index (χ3v) is 5.83. The van der Waals surface area contributed by atoms with Crippen molar-refractivity contribution in [2.24, 2.45) is 0 Å². The van der Waals surface area contributed by atoms with Crippen molar-refractivity contribution in [1.82, 2.24) is 20.0 Å². The van der Waals surface area contributed by atoms with Gasteiger partial charge in [-0.3, -0.25) is 19.6 Å². The minimum absolute atomic E-state index is 0.155. The van der Waals surface area contributed by atoms with Gasteiger partial charge in [-0.05, 0) is 54.7 Å². The Balaban J connectivity index is 2.17. The maximum atomic E-state index is 13.2. The van der Waals surface area contributed by atoms with Crippen LogP contribution in [0.5, 0.6) is 0 Å². The standard InChI is InChI=1S/C19H31BrN4O3/c1-5-23-10-7-8-14(23)12-24(11-9-15(25)27-6-2)19(26)18-16(20)17(13(3)4)21-22-18/h13-14H,5-12H2,1-4H3,(H,21,22). The summed E-state index contributed by atoms with van der Waals surface area (Å²) in [6.07, 6.45) is 2.40. The number of hydrogen-bond donors (Lipinski definition) is 1. The molecule has 0 aliphatic carbocycles. The number of aromatic nitrogens is 2. The number of carbonyl (C=O) groups is 2. The molecule has 1 unspecified atom stereocenters. The minimum atomic E-state index is -0.280. The molecule has 7 nitrogen and oxygen atoms in total. The van der Waals surface area contributed by atoms with Crippen LogP contribution in [0.3, 0.4) is 0 Å². The van der Waals surface area contributed by atoms with E-state index in [0.717, 1.165) is 31.6 Å². The van der Waals surface area contributed by atoms with E-state index in [4.69, 9.17) is 4.74 Å². The van der Waals surface area contributed by atoms with E-state index >= 15 is 0 Å². The Kier molecular flexibility index (Phi) is 8.28. The van der Waals surface area contributed by atoms with Gasteiger partial charge in [-0.25, -0.2) is 0 Å². The summed E-state index contributed by atoms with van der Waals surface area (Å²) in [6.45, 7) is 11.3. The molecule has 2 heterocycles. The average Bonchev–Trinajstić information content (AvgIpc) is 3.24. The maximum absolute atomic E-state index is 13.2. The first-order valence-electron chi connectivity index (χ1n) is 9.81. The van der Waals surface area contributed by atoms with Crippen molar-refractivity contribution in [3.8, 4) is 0 Å². The van der Waals surface area contributed by atoms with E-state index < -0.39 is 0 Å². The molecule has 0 spiro atoms. The summed E-state index contributed by atoms with van der Waals surface area (Å²) in [5, 5.41) is 7.20. The fourth-order valence-electron chi connectivity index (χ4n) is 3.52. The number of carbonyl (C=O) groups excluding carboxylic acids is 2. The first kappa shape index (κ1) is 21.9. The highest BCUT2D eigenvalue weighted by Crippen LogP contribution is 2.27. The van der Waals surface area contributed by atoms with E-state index in [9.17, 15) is 9.59 Å². The molecule has 1 N–H and O–H groups in total. The van der Waals surface area contributed by atoms with Gasteiger partial charge in [-0.15, -0.1) is 0 Å². The lowest BCUT2D eigenvalue weighted by atomic mass is 10.1. The van der Waals surface area contributed by atoms with Gasteiger partial charge in [0.15, 0.2) is 5.69 Å². The van der Waals surface area contributed by atoms with E-state index in [1.165, 1.54) is 0 Å². The summed E-state index contributed by atoms with van der Waals surface area (Å²) in [6, 6.07) is 0.323. The van der Waals surface area contributed by atoms with Gasteiger partial charge in [0.25, 0.3) is 5.91 Å². The topological polar surface area (TPSA) is 78.5 Å². The Morgan fingerprint density at radius 3 is 2.74 bits per heavy atom. The summed E-state index contributed by atoms with van der Waals surface area (Å²) >= 11 is 3.52. The number of aromatic amines is 1. The molecule has 0 saturated carbocycles. The molecule has 8 heteroatoms. The number of esters is 1. The van der Waals surface area contributed by atoms with Crippen molar-refractivity contribution in [3.63, 3.8) is 0 Å². The molecule has 1 aliphatic heterocycles. The lowest BCUT2D eigenvalue weighted by molar-refractivity contribution is -0.143. The van der Waals surface area contributed by atoms with Gasteiger partial charge in [-0.2, -0.15) is 5.10 Å². The molecule has 1 aromatic rings. The second-order valence-electron chi connectivity index (χ2n) is 7.19. The van der Waals surface area contributed by atoms with E-state index in [2.05, 4.69) is 38.0 Å². The van der Waals surface area contributed by atoms with Crippen molar-refractivity contribution in [2.45, 2.75) is 58.9 Å². The zero-order valence-electron chi connectivity index (χ0n) is 16.8. The second-order valence-corrected chi connectivity index (χ2v) is 7.98. The molecule has 0 bridgehead atoms. The zero-order valence-corrected chi connectivity index (χ0v) is 18.3. The van der Waals surface area contributed by atoms with E-state index in [-0.39, 0.29) is 24.2 Å². The van der Waals surface area contributed by atoms with Crippen LogP contribution in [0.4, 0.5) is 0 Å². The maximum Gasteiger partial charge on any atom is 0.307 e. The third kappa shape index (κ3) is 5.54. The van der Waals surface area contributed by atoms with Crippen LogP contribution in [-0.2, 0) is 9.53 Å². The van der Waals surface area contributed by atoms with Crippen LogP contribution in [0.1, 0.15) is 69.1 Å². The number of amides is 1. The molecule has 1 amide bonds. The Bertz CT molecular complexity index is 647. The molecule has 152 valence electrons. The number of nitrogens with one attached hydrogen (secondary N) is 1. The van der Waals surface area contributed by atoms with Gasteiger partial charge in [0, 0.05) is 19.1 Å². The number of H-pyrrole nitrogens is 1. The minimum Gasteiger partial charge on any atom is -0.466 e. The van der Waals surface area contributed by atoms with Gasteiger partial charge >= 0.3 is 5.97 Å². The van der Waals surface area contributed by atoms with Crippen LogP contribution in [0.25, 0.3) is 0 Å². The summed E-state index contributed by atoms with van der Waals surface area (Å²) in [4.78, 5) is 29.2. The number of rotatable bonds is 9. The summed E-state index contributed by atoms with van der Waals surface area (Å²) in [5.41, 5.74) is 1.28. The summed E-state index contributed by atoms with van der Waals surface area (Å²) in [5.74, 6) is -0.206. The highest BCUT2D eigenvalue weighted by atomic mass is 79.9. The molecule has 1 aliphatic rings. The number of likely N-dealkylation sites (tertiary alicyclic amines) is 1. The zero-order chi connectivity index (χ0) is 20.0. The predicted molar refractivity (Wildman–Crippen MR) is 108 cm³/mol. The van der Waals surface area contributed by atoms with Crippen LogP contribution >= 0.6 is 15.9 Å². The van der Waals surface area contributed by atoms with Crippen LogP contribution in [-0.4, -0.2) is 70.7 Å². The van der Waals surface area contributed by atoms with Crippen LogP contribution in [0, 0.1) is 0 Å². The lowest BCUT2D eigenvalue weighted by Crippen LogP contribution is -2.44. The van der Waals surface area contributed by atoms with Crippen LogP contribution < -0.4 is 0 Å². The van der Waals surface area contributed by atoms with Crippen LogP contribution in [0.15, 0.2) is 4.47 Å². The molecular weight excluding hydrogens is 412 g/mol. The molecule has 1 saturated heterocycles. The van der Waals surface area contributed by atoms with E-state index in [0.29, 0.717) is 35.9 Å². The highest BCUT2D eigenvalue weighted by molar-refractivity contribution is 9.10. The molecule has 1 atom stereocenters. The highest BCUT2D eigenvalue weighted by Gasteiger charge is 2.30. The Hall–Kier alpha value is -1.41. The molecule has 0 aromatic carbocycles. The first-order valence-corrected chi connectivity index (χ1v) is 10.6. The Labute approximate surface area is 169 Å². The molecule has 27 heavy (non-hydrogen) atoms. The smallest absolute Gasteiger partial charge is 0.307 e. The Morgan fingerprint density at radius 2 is 2.15 bits per heavy atom. The molecule has 1 fully saturated rings. The van der Waals surface area contributed by atoms with Crippen molar-refractivity contribution in [2.75, 3.05) is 32.8 Å². The van der Waals surface area contributed by atoms with Gasteiger partial charge in [-0.1, -0.05) is 20.8 Å². The van der Waals surface area contributed by atoms with Gasteiger partial charge < -0.3 is 9.64 Å². The fourth-order valence-corrected chi connectivity index (χ4v) is 4.33. The van der Waals surface area contributed by atoms with E-state index in [1.54, 1.807) is 11.8 Å². The number of nitrogens with zero attached hydrogens (tertiary/aromatic N) is 3. The summed E-state index contributed by atoms with van der Waals surface area (Å²) < 4.78 is 5.74. The summed E-state index contributed by atoms with van der Waals surface area (Å²) in [7, 11) is 0. The Morgan fingerprint density at radius 1 is 1.41 bits per heavy atom. The van der Waals surface area contributed by atoms with E-state index in [1.807, 2.05) is 13.8 Å². The molecular formula is C19H31BrN4O3. The largest absolute Gasteiger partial charge is 0.466 e. The SMILES string of the molecule is CCOC(=O)CCN(CC1CCCN1CC)C(=O)c1n[nH]c(C(C)C)c1Br. The van der Waals surface area contributed by atoms with Crippen LogP contribution in [0.2, 0.25) is 0 Å². The number of likely N-dealkylation sites (N-methyl/N-ethyl adjacent to an activating group) is 1. The molecule has 1 aromatic heterocycles. The monoisotopic (exact) mass is 442 g/mol. The third-order valence-electron chi connectivity index (χ3n) is 5.03. The quantitative estimate of drug-likeness (QED) is 0.594. The van der Waals surface area contributed by atoms with Crippen molar-refractivity contribution in [1.29, 1.82) is 0 Å². The molecule has 2 rings (SSSR count). The fraction of sp³-hybridized carbons (Fsp3) is 0.737. The van der Waals surface area contributed by atoms with Crippen molar-refractivity contribution >= 4 is 27.8 Å². The molecule has 0 radical (unpaired) electrons. The number of halogens is 1. The predicted octanol–water partition coefficient (Wildman–Crippen LogP) is 3.18. The van der Waals surface area contributed by atoms with Gasteiger partial charge in [0.05, 0.1) is 23.2 Å².